The van der Waals surface area contributed by atoms with E-state index in [1.165, 1.54) is 12.3 Å². The van der Waals surface area contributed by atoms with Gasteiger partial charge < -0.3 is 5.11 Å². The molecule has 0 aliphatic rings. The summed E-state index contributed by atoms with van der Waals surface area (Å²) < 4.78 is 0. The van der Waals surface area contributed by atoms with Gasteiger partial charge in [0.2, 0.25) is 0 Å². The smallest absolute Gasteiger partial charge is 0.354 e. The molecule has 4 heteroatoms. The maximum atomic E-state index is 10.1. The summed E-state index contributed by atoms with van der Waals surface area (Å²) in [6.07, 6.45) is 1.45. The Labute approximate surface area is 57.5 Å². The van der Waals surface area contributed by atoms with Gasteiger partial charge in [-0.25, -0.2) is 9.78 Å². The van der Waals surface area contributed by atoms with Crippen LogP contribution in [-0.4, -0.2) is 16.1 Å². The topological polar surface area (TPSA) is 78.7 Å². The van der Waals surface area contributed by atoms with Gasteiger partial charge in [-0.3, -0.25) is 0 Å². The molecule has 0 aromatic carbocycles. The van der Waals surface area contributed by atoms with Gasteiger partial charge in [-0.2, -0.15) is 0 Å². The standard InChI is InChI=1S/C6H5NO2.O/c8-6(9)5-3-1-2-4-7-5;/h1-4H,(H,8,9);. The number of rotatable bonds is 1. The monoisotopic (exact) mass is 139 g/mol. The van der Waals surface area contributed by atoms with E-state index < -0.39 is 5.97 Å². The summed E-state index contributed by atoms with van der Waals surface area (Å²) in [5.41, 5.74) is 0.0810. The third-order valence-electron chi connectivity index (χ3n) is 0.884. The Bertz CT molecular complexity index is 209. The molecule has 0 saturated carbocycles. The molecule has 0 aliphatic carbocycles. The van der Waals surface area contributed by atoms with E-state index in [4.69, 9.17) is 5.11 Å². The van der Waals surface area contributed by atoms with Crippen LogP contribution in [0, 0.1) is 0 Å². The van der Waals surface area contributed by atoms with E-state index in [1.54, 1.807) is 12.1 Å². The molecular weight excluding hydrogens is 134 g/mol. The van der Waals surface area contributed by atoms with E-state index in [0.29, 0.717) is 0 Å². The number of pyridine rings is 1. The van der Waals surface area contributed by atoms with Crippen molar-refractivity contribution in [1.82, 2.24) is 4.98 Å². The Morgan fingerprint density at radius 1 is 1.50 bits per heavy atom. The Kier molecular flexibility index (Phi) is 3.07. The van der Waals surface area contributed by atoms with E-state index in [0.717, 1.165) is 0 Å². The predicted octanol–water partition coefficient (Wildman–Crippen LogP) is 0.661. The van der Waals surface area contributed by atoms with Gasteiger partial charge in [-0.05, 0) is 12.1 Å². The van der Waals surface area contributed by atoms with Crippen LogP contribution in [0.4, 0.5) is 0 Å². The first-order valence-electron chi connectivity index (χ1n) is 2.45. The molecule has 4 nitrogen and oxygen atoms in total. The van der Waals surface area contributed by atoms with Crippen LogP contribution in [0.2, 0.25) is 0 Å². The van der Waals surface area contributed by atoms with Gasteiger partial charge in [-0.15, -0.1) is 0 Å². The van der Waals surface area contributed by atoms with Crippen molar-refractivity contribution < 1.29 is 15.4 Å². The minimum atomic E-state index is -0.990. The number of carbonyl (C=O) groups is 1. The van der Waals surface area contributed by atoms with Crippen LogP contribution >= 0.6 is 0 Å². The van der Waals surface area contributed by atoms with Gasteiger partial charge in [0.15, 0.2) is 0 Å². The van der Waals surface area contributed by atoms with Crippen LogP contribution in [0.1, 0.15) is 10.5 Å². The highest BCUT2D eigenvalue weighted by atomic mass is 16.4. The van der Waals surface area contributed by atoms with E-state index in [2.05, 4.69) is 4.98 Å². The zero-order valence-corrected chi connectivity index (χ0v) is 5.02. The van der Waals surface area contributed by atoms with E-state index in [-0.39, 0.29) is 11.2 Å². The number of aromatic carboxylic acids is 1. The molecule has 0 aliphatic heterocycles. The first-order chi connectivity index (χ1) is 4.30. The Hall–Kier alpha value is -1.42. The minimum absolute atomic E-state index is 0. The SMILES string of the molecule is O=C(O)c1ccccn1.[O]. The largest absolute Gasteiger partial charge is 0.477 e. The number of hydrogen-bond donors (Lipinski definition) is 1. The number of carboxylic acid groups (broad SMARTS) is 1. The molecule has 0 spiro atoms. The molecule has 52 valence electrons. The third kappa shape index (κ3) is 1.83. The zero-order valence-electron chi connectivity index (χ0n) is 5.02. The molecule has 1 rings (SSSR count). The predicted molar refractivity (Wildman–Crippen MR) is 31.9 cm³/mol. The first kappa shape index (κ1) is 8.58. The summed E-state index contributed by atoms with van der Waals surface area (Å²) in [4.78, 5) is 13.7. The Morgan fingerprint density at radius 2 is 2.20 bits per heavy atom. The summed E-state index contributed by atoms with van der Waals surface area (Å²) in [5, 5.41) is 8.32. The van der Waals surface area contributed by atoms with Crippen LogP contribution in [0.15, 0.2) is 24.4 Å². The summed E-state index contributed by atoms with van der Waals surface area (Å²) in [5.74, 6) is -0.990. The lowest BCUT2D eigenvalue weighted by molar-refractivity contribution is 0.0690. The fourth-order valence-electron chi connectivity index (χ4n) is 0.489. The van der Waals surface area contributed by atoms with Crippen molar-refractivity contribution in [3.05, 3.63) is 30.1 Å². The summed E-state index contributed by atoms with van der Waals surface area (Å²) in [7, 11) is 0. The van der Waals surface area contributed by atoms with Crippen LogP contribution in [-0.2, 0) is 5.48 Å². The van der Waals surface area contributed by atoms with E-state index in [1.807, 2.05) is 0 Å². The Balaban J connectivity index is 0.000000810. The van der Waals surface area contributed by atoms with Gasteiger partial charge in [0, 0.05) is 11.7 Å². The van der Waals surface area contributed by atoms with Gasteiger partial charge in [0.25, 0.3) is 0 Å². The minimum Gasteiger partial charge on any atom is -0.477 e. The van der Waals surface area contributed by atoms with Crippen molar-refractivity contribution in [3.63, 3.8) is 0 Å². The molecule has 10 heavy (non-hydrogen) atoms. The molecule has 0 saturated heterocycles. The number of nitrogens with zero attached hydrogens (tertiary/aromatic N) is 1. The normalized spacial score (nSPS) is 8.00. The summed E-state index contributed by atoms with van der Waals surface area (Å²) >= 11 is 0. The van der Waals surface area contributed by atoms with Crippen molar-refractivity contribution >= 4 is 5.97 Å². The van der Waals surface area contributed by atoms with Crippen molar-refractivity contribution in [2.45, 2.75) is 0 Å². The zero-order chi connectivity index (χ0) is 6.69. The molecule has 2 radical (unpaired) electrons. The quantitative estimate of drug-likeness (QED) is 0.620. The van der Waals surface area contributed by atoms with Crippen molar-refractivity contribution in [1.29, 1.82) is 0 Å². The van der Waals surface area contributed by atoms with Crippen molar-refractivity contribution in [2.24, 2.45) is 0 Å². The Morgan fingerprint density at radius 3 is 2.50 bits per heavy atom. The molecule has 0 amide bonds. The van der Waals surface area contributed by atoms with Gasteiger partial charge in [-0.1, -0.05) is 6.07 Å². The fourth-order valence-corrected chi connectivity index (χ4v) is 0.489. The van der Waals surface area contributed by atoms with Crippen molar-refractivity contribution in [2.75, 3.05) is 0 Å². The van der Waals surface area contributed by atoms with Gasteiger partial charge in [0.1, 0.15) is 5.69 Å². The lowest BCUT2D eigenvalue weighted by atomic mass is 10.4. The molecule has 0 fully saturated rings. The molecule has 1 aromatic rings. The molecule has 1 aromatic heterocycles. The van der Waals surface area contributed by atoms with E-state index in [9.17, 15) is 4.79 Å². The second kappa shape index (κ2) is 3.58. The van der Waals surface area contributed by atoms with E-state index >= 15 is 0 Å². The molecule has 0 bridgehead atoms. The van der Waals surface area contributed by atoms with Crippen LogP contribution < -0.4 is 0 Å². The van der Waals surface area contributed by atoms with Gasteiger partial charge >= 0.3 is 5.97 Å². The highest BCUT2D eigenvalue weighted by molar-refractivity contribution is 5.85. The number of aromatic nitrogens is 1. The second-order valence-electron chi connectivity index (χ2n) is 1.52. The molecular formula is C6H5NO3. The summed E-state index contributed by atoms with van der Waals surface area (Å²) in [6, 6.07) is 4.76. The van der Waals surface area contributed by atoms with Crippen molar-refractivity contribution in [3.8, 4) is 0 Å². The summed E-state index contributed by atoms with van der Waals surface area (Å²) in [6.45, 7) is 0. The maximum absolute atomic E-state index is 10.1. The molecule has 1 heterocycles. The average molecular weight is 139 g/mol. The maximum Gasteiger partial charge on any atom is 0.354 e. The second-order valence-corrected chi connectivity index (χ2v) is 1.52. The van der Waals surface area contributed by atoms with Gasteiger partial charge in [0.05, 0.1) is 0 Å². The van der Waals surface area contributed by atoms with Crippen LogP contribution in [0.3, 0.4) is 0 Å². The van der Waals surface area contributed by atoms with Crippen LogP contribution in [0.25, 0.3) is 0 Å². The average Bonchev–Trinajstić information content (AvgIpc) is 1.90. The highest BCUT2D eigenvalue weighted by Gasteiger charge is 1.98. The number of hydrogen-bond acceptors (Lipinski definition) is 2. The lowest BCUT2D eigenvalue weighted by Gasteiger charge is -1.87. The lowest BCUT2D eigenvalue weighted by Crippen LogP contribution is -1.97. The number of carboxylic acids is 1. The first-order valence-corrected chi connectivity index (χ1v) is 2.45. The third-order valence-corrected chi connectivity index (χ3v) is 0.884. The fraction of sp³-hybridized carbons (Fsp3) is 0. The molecule has 0 atom stereocenters. The van der Waals surface area contributed by atoms with Crippen LogP contribution in [0.5, 0.6) is 0 Å². The highest BCUT2D eigenvalue weighted by Crippen LogP contribution is 1.90. The molecule has 0 unspecified atom stereocenters. The molecule has 1 N–H and O–H groups in total.